The summed E-state index contributed by atoms with van der Waals surface area (Å²) in [6, 6.07) is 6.36. The number of hydrogen-bond acceptors (Lipinski definition) is 5. The summed E-state index contributed by atoms with van der Waals surface area (Å²) in [4.78, 5) is 16.5. The van der Waals surface area contributed by atoms with E-state index in [4.69, 9.17) is 28.5 Å². The van der Waals surface area contributed by atoms with Gasteiger partial charge in [-0.05, 0) is 19.1 Å². The van der Waals surface area contributed by atoms with Crippen LogP contribution >= 0.6 is 11.6 Å². The van der Waals surface area contributed by atoms with E-state index in [1.165, 1.54) is 12.3 Å². The van der Waals surface area contributed by atoms with Crippen LogP contribution in [0.5, 0.6) is 0 Å². The number of hydrogen-bond donors (Lipinski definition) is 3. The minimum atomic E-state index is -0.381. The van der Waals surface area contributed by atoms with Crippen LogP contribution in [0.4, 0.5) is 11.4 Å². The largest absolute Gasteiger partial charge is 0.398 e. The van der Waals surface area contributed by atoms with Crippen LogP contribution in [0.3, 0.4) is 0 Å². The lowest BCUT2D eigenvalue weighted by Gasteiger charge is -2.11. The topological polar surface area (TPSA) is 106 Å². The van der Waals surface area contributed by atoms with Crippen molar-refractivity contribution in [3.8, 4) is 0 Å². The van der Waals surface area contributed by atoms with E-state index in [-0.39, 0.29) is 22.9 Å². The maximum absolute atomic E-state index is 12.5. The van der Waals surface area contributed by atoms with Gasteiger partial charge in [0.1, 0.15) is 5.69 Å². The van der Waals surface area contributed by atoms with Gasteiger partial charge in [-0.2, -0.15) is 0 Å². The van der Waals surface area contributed by atoms with Crippen molar-refractivity contribution >= 4 is 34.5 Å². The van der Waals surface area contributed by atoms with Crippen LogP contribution in [-0.4, -0.2) is 16.5 Å². The minimum absolute atomic E-state index is 0.0995. The maximum Gasteiger partial charge on any atom is 0.214 e. The first-order valence-electron chi connectivity index (χ1n) is 5.81. The zero-order valence-electron chi connectivity index (χ0n) is 10.8. The van der Waals surface area contributed by atoms with Gasteiger partial charge < -0.3 is 16.9 Å². The van der Waals surface area contributed by atoms with Gasteiger partial charge in [0.25, 0.3) is 0 Å². The second-order valence-corrected chi connectivity index (χ2v) is 4.75. The third-order valence-corrected chi connectivity index (χ3v) is 3.02. The molecule has 0 aliphatic rings. The van der Waals surface area contributed by atoms with Crippen LogP contribution < -0.4 is 11.5 Å². The Kier molecular flexibility index (Phi) is 3.72. The first-order chi connectivity index (χ1) is 9.41. The van der Waals surface area contributed by atoms with E-state index in [2.05, 4.69) is 4.98 Å². The molecule has 1 aromatic heterocycles. The van der Waals surface area contributed by atoms with Crippen LogP contribution in [0.25, 0.3) is 0 Å². The molecule has 1 aromatic carbocycles. The minimum Gasteiger partial charge on any atom is -0.398 e. The normalized spacial score (nSPS) is 10.3. The van der Waals surface area contributed by atoms with Crippen LogP contribution in [-0.2, 0) is 0 Å². The number of nitrogen functional groups attached to an aromatic ring is 2. The molecule has 5 N–H and O–H groups in total. The molecule has 0 radical (unpaired) electrons. The standard InChI is InChI=1S/C14H13ClN4O/c1-7(16)12-9(3-2-4-10(12)17)14(20)13-11(18)5-8(15)6-19-13/h2-6,16H,17-18H2,1H3. The Balaban J connectivity index is 2.60. The van der Waals surface area contributed by atoms with Gasteiger partial charge >= 0.3 is 0 Å². The molecule has 2 aromatic rings. The number of benzene rings is 1. The maximum atomic E-state index is 12.5. The van der Waals surface area contributed by atoms with E-state index in [0.717, 1.165) is 0 Å². The molecular formula is C14H13ClN4O. The number of nitrogens with two attached hydrogens (primary N) is 2. The van der Waals surface area contributed by atoms with Gasteiger partial charge in [-0.15, -0.1) is 0 Å². The summed E-state index contributed by atoms with van der Waals surface area (Å²) in [7, 11) is 0. The summed E-state index contributed by atoms with van der Waals surface area (Å²) in [6.45, 7) is 1.57. The third kappa shape index (κ3) is 2.48. The quantitative estimate of drug-likeness (QED) is 0.458. The predicted molar refractivity (Wildman–Crippen MR) is 80.4 cm³/mol. The molecule has 0 fully saturated rings. The molecular weight excluding hydrogens is 276 g/mol. The number of halogens is 1. The highest BCUT2D eigenvalue weighted by atomic mass is 35.5. The van der Waals surface area contributed by atoms with Crippen molar-refractivity contribution in [1.82, 2.24) is 4.98 Å². The van der Waals surface area contributed by atoms with E-state index in [9.17, 15) is 4.79 Å². The zero-order chi connectivity index (χ0) is 14.9. The van der Waals surface area contributed by atoms with Gasteiger partial charge in [-0.25, -0.2) is 4.98 Å². The lowest BCUT2D eigenvalue weighted by Crippen LogP contribution is -2.13. The summed E-state index contributed by atoms with van der Waals surface area (Å²) in [5.74, 6) is -0.381. The number of pyridine rings is 1. The second kappa shape index (κ2) is 5.30. The summed E-state index contributed by atoms with van der Waals surface area (Å²) < 4.78 is 0. The molecule has 0 amide bonds. The average Bonchev–Trinajstić information content (AvgIpc) is 2.37. The van der Waals surface area contributed by atoms with Gasteiger partial charge in [-0.1, -0.05) is 23.7 Å². The highest BCUT2D eigenvalue weighted by Gasteiger charge is 2.20. The molecule has 0 unspecified atom stereocenters. The van der Waals surface area contributed by atoms with Gasteiger partial charge in [0.15, 0.2) is 0 Å². The molecule has 102 valence electrons. The molecule has 2 rings (SSSR count). The summed E-state index contributed by atoms with van der Waals surface area (Å²) in [5.41, 5.74) is 13.2. The van der Waals surface area contributed by atoms with Crippen molar-refractivity contribution in [1.29, 1.82) is 5.41 Å². The third-order valence-electron chi connectivity index (χ3n) is 2.82. The first kappa shape index (κ1) is 14.0. The Hall–Kier alpha value is -2.40. The Morgan fingerprint density at radius 3 is 2.60 bits per heavy atom. The number of nitrogens with zero attached hydrogens (tertiary/aromatic N) is 1. The Morgan fingerprint density at radius 2 is 2.00 bits per heavy atom. The van der Waals surface area contributed by atoms with E-state index >= 15 is 0 Å². The van der Waals surface area contributed by atoms with Gasteiger partial charge in [0.05, 0.1) is 10.7 Å². The molecule has 0 saturated heterocycles. The van der Waals surface area contributed by atoms with E-state index < -0.39 is 0 Å². The number of anilines is 2. The highest BCUT2D eigenvalue weighted by Crippen LogP contribution is 2.23. The molecule has 20 heavy (non-hydrogen) atoms. The van der Waals surface area contributed by atoms with Crippen LogP contribution in [0.1, 0.15) is 28.5 Å². The van der Waals surface area contributed by atoms with Crippen molar-refractivity contribution in [2.45, 2.75) is 6.92 Å². The number of carbonyl (C=O) groups excluding carboxylic acids is 1. The molecule has 0 saturated carbocycles. The average molecular weight is 289 g/mol. The van der Waals surface area contributed by atoms with Crippen molar-refractivity contribution in [2.75, 3.05) is 11.5 Å². The fourth-order valence-electron chi connectivity index (χ4n) is 1.95. The van der Waals surface area contributed by atoms with E-state index in [0.29, 0.717) is 21.8 Å². The Bertz CT molecular complexity index is 712. The SMILES string of the molecule is CC(=N)c1c(N)cccc1C(=O)c1ncc(Cl)cc1N. The summed E-state index contributed by atoms with van der Waals surface area (Å²) in [6.07, 6.45) is 1.36. The molecule has 6 heteroatoms. The van der Waals surface area contributed by atoms with Crippen LogP contribution in [0, 0.1) is 5.41 Å². The molecule has 0 atom stereocenters. The van der Waals surface area contributed by atoms with Gasteiger partial charge in [0.2, 0.25) is 5.78 Å². The lowest BCUT2D eigenvalue weighted by atomic mass is 9.96. The monoisotopic (exact) mass is 288 g/mol. The fraction of sp³-hybridized carbons (Fsp3) is 0.0714. The number of rotatable bonds is 3. The van der Waals surface area contributed by atoms with Crippen LogP contribution in [0.2, 0.25) is 5.02 Å². The van der Waals surface area contributed by atoms with Gasteiger partial charge in [0, 0.05) is 28.7 Å². The zero-order valence-corrected chi connectivity index (χ0v) is 11.5. The molecule has 5 nitrogen and oxygen atoms in total. The fourth-order valence-corrected chi connectivity index (χ4v) is 2.12. The number of nitrogens with one attached hydrogen (secondary N) is 1. The van der Waals surface area contributed by atoms with Crippen LogP contribution in [0.15, 0.2) is 30.5 Å². The summed E-state index contributed by atoms with van der Waals surface area (Å²) in [5, 5.41) is 8.11. The number of ketones is 1. The van der Waals surface area contributed by atoms with Crippen molar-refractivity contribution in [3.05, 3.63) is 52.3 Å². The molecule has 1 heterocycles. The van der Waals surface area contributed by atoms with E-state index in [1.807, 2.05) is 0 Å². The Labute approximate surface area is 121 Å². The molecule has 0 spiro atoms. The Morgan fingerprint density at radius 1 is 1.30 bits per heavy atom. The lowest BCUT2D eigenvalue weighted by molar-refractivity contribution is 0.103. The van der Waals surface area contributed by atoms with Crippen molar-refractivity contribution < 1.29 is 4.79 Å². The molecule has 0 aliphatic heterocycles. The first-order valence-corrected chi connectivity index (χ1v) is 6.19. The van der Waals surface area contributed by atoms with Gasteiger partial charge in [-0.3, -0.25) is 4.79 Å². The van der Waals surface area contributed by atoms with E-state index in [1.54, 1.807) is 25.1 Å². The van der Waals surface area contributed by atoms with Crippen molar-refractivity contribution in [3.63, 3.8) is 0 Å². The predicted octanol–water partition coefficient (Wildman–Crippen LogP) is 2.52. The molecule has 0 bridgehead atoms. The summed E-state index contributed by atoms with van der Waals surface area (Å²) >= 11 is 5.77. The molecule has 0 aliphatic carbocycles. The smallest absolute Gasteiger partial charge is 0.214 e. The number of carbonyl (C=O) groups is 1. The second-order valence-electron chi connectivity index (χ2n) is 4.32. The number of aromatic nitrogens is 1. The van der Waals surface area contributed by atoms with Crippen molar-refractivity contribution in [2.24, 2.45) is 0 Å². The highest BCUT2D eigenvalue weighted by molar-refractivity contribution is 6.31.